The molecule has 0 spiro atoms. The van der Waals surface area contributed by atoms with E-state index < -0.39 is 0 Å². The molecule has 25 heavy (non-hydrogen) atoms. The number of para-hydroxylation sites is 1. The predicted molar refractivity (Wildman–Crippen MR) is 98.1 cm³/mol. The van der Waals surface area contributed by atoms with Gasteiger partial charge in [0.2, 0.25) is 0 Å². The molecule has 0 aliphatic carbocycles. The summed E-state index contributed by atoms with van der Waals surface area (Å²) in [5, 5.41) is 15.5. The maximum atomic E-state index is 12.3. The smallest absolute Gasteiger partial charge is 0.274 e. The molecule has 0 atom stereocenters. The van der Waals surface area contributed by atoms with Crippen molar-refractivity contribution in [2.75, 3.05) is 10.6 Å². The van der Waals surface area contributed by atoms with Gasteiger partial charge in [0.1, 0.15) is 11.8 Å². The topological polar surface area (TPSA) is 77.8 Å². The van der Waals surface area contributed by atoms with Gasteiger partial charge in [-0.2, -0.15) is 5.26 Å². The third-order valence-electron chi connectivity index (χ3n) is 3.41. The first kappa shape index (κ1) is 16.5. The zero-order valence-electron chi connectivity index (χ0n) is 13.0. The summed E-state index contributed by atoms with van der Waals surface area (Å²) < 4.78 is 0. The minimum atomic E-state index is -0.378. The van der Waals surface area contributed by atoms with Crippen LogP contribution in [-0.4, -0.2) is 10.9 Å². The first-order valence-corrected chi connectivity index (χ1v) is 7.82. The Morgan fingerprint density at radius 2 is 1.88 bits per heavy atom. The van der Waals surface area contributed by atoms with Crippen LogP contribution in [0.5, 0.6) is 0 Å². The minimum absolute atomic E-state index is 0.254. The number of nitriles is 1. The van der Waals surface area contributed by atoms with Crippen molar-refractivity contribution < 1.29 is 4.79 Å². The molecule has 2 aromatic carbocycles. The average molecular weight is 349 g/mol. The second-order valence-corrected chi connectivity index (χ2v) is 5.62. The van der Waals surface area contributed by atoms with Crippen LogP contribution in [0.1, 0.15) is 16.1 Å². The van der Waals surface area contributed by atoms with Gasteiger partial charge in [0.15, 0.2) is 0 Å². The lowest BCUT2D eigenvalue weighted by Gasteiger charge is -2.08. The molecule has 0 bridgehead atoms. The molecule has 0 radical (unpaired) electrons. The zero-order chi connectivity index (χ0) is 17.6. The molecule has 0 aliphatic rings. The first-order chi connectivity index (χ1) is 12.2. The van der Waals surface area contributed by atoms with E-state index in [-0.39, 0.29) is 11.6 Å². The Morgan fingerprint density at radius 1 is 1.04 bits per heavy atom. The van der Waals surface area contributed by atoms with Crippen LogP contribution in [0.25, 0.3) is 0 Å². The Hall–Kier alpha value is -3.36. The summed E-state index contributed by atoms with van der Waals surface area (Å²) in [7, 11) is 0. The fraction of sp³-hybridized carbons (Fsp3) is 0. The first-order valence-electron chi connectivity index (χ1n) is 7.45. The van der Waals surface area contributed by atoms with Crippen molar-refractivity contribution in [1.82, 2.24) is 4.98 Å². The number of carbonyl (C=O) groups is 1. The van der Waals surface area contributed by atoms with Gasteiger partial charge in [-0.05, 0) is 42.5 Å². The zero-order valence-corrected chi connectivity index (χ0v) is 13.8. The standard InChI is InChI=1S/C19H13ClN4O/c20-14-5-3-6-15(10-14)23-16-8-9-18(22-12-16)19(25)24-17-7-2-1-4-13(17)11-21/h1-10,12,23H,(H,24,25). The van der Waals surface area contributed by atoms with Gasteiger partial charge < -0.3 is 10.6 Å². The molecule has 6 heteroatoms. The van der Waals surface area contributed by atoms with Gasteiger partial charge in [-0.25, -0.2) is 4.98 Å². The number of amides is 1. The van der Waals surface area contributed by atoms with Gasteiger partial charge in [0, 0.05) is 10.7 Å². The number of halogens is 1. The largest absolute Gasteiger partial charge is 0.354 e. The van der Waals surface area contributed by atoms with Crippen molar-refractivity contribution in [1.29, 1.82) is 5.26 Å². The molecule has 5 nitrogen and oxygen atoms in total. The lowest BCUT2D eigenvalue weighted by atomic mass is 10.2. The molecular weight excluding hydrogens is 336 g/mol. The van der Waals surface area contributed by atoms with Crippen LogP contribution in [0.15, 0.2) is 66.9 Å². The summed E-state index contributed by atoms with van der Waals surface area (Å²) in [5.74, 6) is -0.378. The molecular formula is C19H13ClN4O. The Bertz CT molecular complexity index is 948. The van der Waals surface area contributed by atoms with E-state index in [1.807, 2.05) is 18.2 Å². The third-order valence-corrected chi connectivity index (χ3v) is 3.64. The molecule has 1 aromatic heterocycles. The molecule has 0 aliphatic heterocycles. The monoisotopic (exact) mass is 348 g/mol. The number of pyridine rings is 1. The van der Waals surface area contributed by atoms with Gasteiger partial charge >= 0.3 is 0 Å². The fourth-order valence-corrected chi connectivity index (χ4v) is 2.40. The number of carbonyl (C=O) groups excluding carboxylic acids is 1. The van der Waals surface area contributed by atoms with Crippen LogP contribution < -0.4 is 10.6 Å². The van der Waals surface area contributed by atoms with E-state index in [1.54, 1.807) is 54.7 Å². The van der Waals surface area contributed by atoms with Crippen LogP contribution in [0, 0.1) is 11.3 Å². The number of nitrogens with zero attached hydrogens (tertiary/aromatic N) is 2. The van der Waals surface area contributed by atoms with Gasteiger partial charge in [0.25, 0.3) is 5.91 Å². The highest BCUT2D eigenvalue weighted by Gasteiger charge is 2.10. The normalized spacial score (nSPS) is 9.92. The summed E-state index contributed by atoms with van der Waals surface area (Å²) in [6.07, 6.45) is 1.56. The summed E-state index contributed by atoms with van der Waals surface area (Å²) in [4.78, 5) is 16.4. The van der Waals surface area contributed by atoms with Crippen LogP contribution in [-0.2, 0) is 0 Å². The van der Waals surface area contributed by atoms with Crippen molar-refractivity contribution in [2.24, 2.45) is 0 Å². The second-order valence-electron chi connectivity index (χ2n) is 5.18. The molecule has 0 saturated heterocycles. The molecule has 3 aromatic rings. The predicted octanol–water partition coefficient (Wildman–Crippen LogP) is 4.60. The van der Waals surface area contributed by atoms with Crippen molar-refractivity contribution in [3.05, 3.63) is 83.1 Å². The molecule has 1 amide bonds. The number of hydrogen-bond donors (Lipinski definition) is 2. The van der Waals surface area contributed by atoms with E-state index in [2.05, 4.69) is 15.6 Å². The van der Waals surface area contributed by atoms with Crippen LogP contribution in [0.4, 0.5) is 17.1 Å². The molecule has 0 unspecified atom stereocenters. The van der Waals surface area contributed by atoms with Gasteiger partial charge in [0.05, 0.1) is 23.1 Å². The van der Waals surface area contributed by atoms with Crippen molar-refractivity contribution in [3.8, 4) is 6.07 Å². The van der Waals surface area contributed by atoms with Crippen LogP contribution in [0.3, 0.4) is 0 Å². The molecule has 0 saturated carbocycles. The lowest BCUT2D eigenvalue weighted by molar-refractivity contribution is 0.102. The van der Waals surface area contributed by atoms with E-state index in [1.165, 1.54) is 0 Å². The fourth-order valence-electron chi connectivity index (χ4n) is 2.21. The molecule has 0 fully saturated rings. The van der Waals surface area contributed by atoms with E-state index in [9.17, 15) is 4.79 Å². The Balaban J connectivity index is 1.71. The molecule has 2 N–H and O–H groups in total. The van der Waals surface area contributed by atoms with E-state index >= 15 is 0 Å². The summed E-state index contributed by atoms with van der Waals surface area (Å²) >= 11 is 5.95. The van der Waals surface area contributed by atoms with E-state index in [0.717, 1.165) is 11.4 Å². The Kier molecular flexibility index (Phi) is 4.93. The van der Waals surface area contributed by atoms with E-state index in [0.29, 0.717) is 16.3 Å². The highest BCUT2D eigenvalue weighted by molar-refractivity contribution is 6.30. The van der Waals surface area contributed by atoms with Crippen LogP contribution >= 0.6 is 11.6 Å². The number of anilines is 3. The number of rotatable bonds is 4. The Morgan fingerprint density at radius 3 is 2.60 bits per heavy atom. The highest BCUT2D eigenvalue weighted by Crippen LogP contribution is 2.20. The van der Waals surface area contributed by atoms with Gasteiger partial charge in [-0.1, -0.05) is 29.8 Å². The quantitative estimate of drug-likeness (QED) is 0.722. The lowest BCUT2D eigenvalue weighted by Crippen LogP contribution is -2.14. The highest BCUT2D eigenvalue weighted by atomic mass is 35.5. The number of benzene rings is 2. The van der Waals surface area contributed by atoms with Crippen LogP contribution in [0.2, 0.25) is 5.02 Å². The summed E-state index contributed by atoms with van der Waals surface area (Å²) in [6.45, 7) is 0. The van der Waals surface area contributed by atoms with Crippen molar-refractivity contribution in [3.63, 3.8) is 0 Å². The molecule has 122 valence electrons. The maximum absolute atomic E-state index is 12.3. The number of nitrogens with one attached hydrogen (secondary N) is 2. The van der Waals surface area contributed by atoms with Gasteiger partial charge in [-0.15, -0.1) is 0 Å². The average Bonchev–Trinajstić information content (AvgIpc) is 2.63. The summed E-state index contributed by atoms with van der Waals surface area (Å²) in [6, 6.07) is 19.5. The van der Waals surface area contributed by atoms with Gasteiger partial charge in [-0.3, -0.25) is 4.79 Å². The number of aromatic nitrogens is 1. The molecule has 1 heterocycles. The minimum Gasteiger partial charge on any atom is -0.354 e. The second kappa shape index (κ2) is 7.47. The summed E-state index contributed by atoms with van der Waals surface area (Å²) in [5.41, 5.74) is 2.67. The number of hydrogen-bond acceptors (Lipinski definition) is 4. The SMILES string of the molecule is N#Cc1ccccc1NC(=O)c1ccc(Nc2cccc(Cl)c2)cn1. The maximum Gasteiger partial charge on any atom is 0.274 e. The van der Waals surface area contributed by atoms with Crippen molar-refractivity contribution >= 4 is 34.6 Å². The molecule has 3 rings (SSSR count). The third kappa shape index (κ3) is 4.14. The Labute approximate surface area is 149 Å². The van der Waals surface area contributed by atoms with E-state index in [4.69, 9.17) is 16.9 Å². The van der Waals surface area contributed by atoms with Crippen molar-refractivity contribution in [2.45, 2.75) is 0 Å².